The Morgan fingerprint density at radius 3 is 2.31 bits per heavy atom. The maximum absolute atomic E-state index is 13.3. The van der Waals surface area contributed by atoms with Gasteiger partial charge in [-0.1, -0.05) is 0 Å². The minimum atomic E-state index is -2.53. The van der Waals surface area contributed by atoms with Crippen LogP contribution in [0.3, 0.4) is 0 Å². The molecule has 3 nitrogen and oxygen atoms in total. The molecule has 0 radical (unpaired) electrons. The molecule has 3 fully saturated rings. The molecular formula is C11H17F2NO2. The lowest BCUT2D eigenvalue weighted by Crippen LogP contribution is -2.66. The fourth-order valence-corrected chi connectivity index (χ4v) is 3.05. The third kappa shape index (κ3) is 1.41. The Kier molecular flexibility index (Phi) is 2.14. The molecular weight excluding hydrogens is 216 g/mol. The van der Waals surface area contributed by atoms with E-state index in [0.29, 0.717) is 12.0 Å². The van der Waals surface area contributed by atoms with Crippen molar-refractivity contribution >= 4 is 0 Å². The molecule has 1 atom stereocenters. The Morgan fingerprint density at radius 1 is 1.31 bits per heavy atom. The summed E-state index contributed by atoms with van der Waals surface area (Å²) in [6.45, 7) is 4.06. The van der Waals surface area contributed by atoms with Crippen LogP contribution in [0.4, 0.5) is 8.78 Å². The first kappa shape index (κ1) is 10.9. The van der Waals surface area contributed by atoms with E-state index in [-0.39, 0.29) is 13.0 Å². The van der Waals surface area contributed by atoms with Crippen molar-refractivity contribution < 1.29 is 18.3 Å². The summed E-state index contributed by atoms with van der Waals surface area (Å²) in [5.41, 5.74) is -0.605. The van der Waals surface area contributed by atoms with E-state index in [1.165, 1.54) is 7.11 Å². The molecule has 2 heterocycles. The average molecular weight is 233 g/mol. The first-order chi connectivity index (χ1) is 7.51. The van der Waals surface area contributed by atoms with Crippen molar-refractivity contribution in [1.82, 2.24) is 4.90 Å². The molecule has 2 saturated heterocycles. The van der Waals surface area contributed by atoms with Gasteiger partial charge in [0.2, 0.25) is 0 Å². The molecule has 0 amide bonds. The average Bonchev–Trinajstić information content (AvgIpc) is 2.57. The summed E-state index contributed by atoms with van der Waals surface area (Å²) in [6, 6.07) is 0. The number of hydrogen-bond donors (Lipinski definition) is 0. The maximum atomic E-state index is 13.3. The van der Waals surface area contributed by atoms with Crippen molar-refractivity contribution in [1.29, 1.82) is 0 Å². The Hall–Kier alpha value is -0.260. The third-order valence-electron chi connectivity index (χ3n) is 4.09. The van der Waals surface area contributed by atoms with Crippen LogP contribution < -0.4 is 0 Å². The van der Waals surface area contributed by atoms with E-state index in [1.54, 1.807) is 0 Å². The van der Waals surface area contributed by atoms with Crippen molar-refractivity contribution in [2.75, 3.05) is 46.6 Å². The summed E-state index contributed by atoms with van der Waals surface area (Å²) in [5, 5.41) is 0. The van der Waals surface area contributed by atoms with Gasteiger partial charge in [-0.15, -0.1) is 0 Å². The quantitative estimate of drug-likeness (QED) is 0.723. The zero-order valence-corrected chi connectivity index (χ0v) is 9.47. The molecule has 1 spiro atoms. The van der Waals surface area contributed by atoms with Crippen LogP contribution in [-0.2, 0) is 9.47 Å². The van der Waals surface area contributed by atoms with E-state index < -0.39 is 11.3 Å². The van der Waals surface area contributed by atoms with E-state index in [4.69, 9.17) is 9.47 Å². The van der Waals surface area contributed by atoms with E-state index in [2.05, 4.69) is 4.90 Å². The van der Waals surface area contributed by atoms with Crippen molar-refractivity contribution in [3.63, 3.8) is 0 Å². The molecule has 5 heteroatoms. The number of alkyl halides is 2. The van der Waals surface area contributed by atoms with Crippen LogP contribution in [0.15, 0.2) is 0 Å². The number of halogens is 2. The van der Waals surface area contributed by atoms with Crippen LogP contribution in [0.5, 0.6) is 0 Å². The fourth-order valence-electron chi connectivity index (χ4n) is 3.05. The van der Waals surface area contributed by atoms with Crippen molar-refractivity contribution in [3.05, 3.63) is 0 Å². The topological polar surface area (TPSA) is 21.7 Å². The van der Waals surface area contributed by atoms with Gasteiger partial charge in [-0.05, 0) is 0 Å². The molecule has 1 saturated carbocycles. The van der Waals surface area contributed by atoms with E-state index in [0.717, 1.165) is 26.3 Å². The van der Waals surface area contributed by atoms with Crippen LogP contribution >= 0.6 is 0 Å². The molecule has 92 valence electrons. The molecule has 1 unspecified atom stereocenters. The highest BCUT2D eigenvalue weighted by Gasteiger charge is 2.72. The number of hydrogen-bond acceptors (Lipinski definition) is 3. The second-order valence-corrected chi connectivity index (χ2v) is 5.73. The number of methoxy groups -OCH3 is 1. The van der Waals surface area contributed by atoms with Crippen LogP contribution in [-0.4, -0.2) is 57.4 Å². The zero-order chi connectivity index (χ0) is 11.4. The first-order valence-corrected chi connectivity index (χ1v) is 5.68. The molecule has 0 bridgehead atoms. The molecule has 16 heavy (non-hydrogen) atoms. The molecule has 3 aliphatic rings. The largest absolute Gasteiger partial charge is 0.384 e. The highest BCUT2D eigenvalue weighted by Crippen LogP contribution is 2.61. The van der Waals surface area contributed by atoms with Crippen LogP contribution in [0.2, 0.25) is 0 Å². The summed E-state index contributed by atoms with van der Waals surface area (Å²) in [5.74, 6) is -2.53. The normalized spacial score (nSPS) is 39.2. The molecule has 0 aromatic heterocycles. The monoisotopic (exact) mass is 233 g/mol. The van der Waals surface area contributed by atoms with E-state index >= 15 is 0 Å². The van der Waals surface area contributed by atoms with Gasteiger partial charge in [0.05, 0.1) is 25.2 Å². The number of ether oxygens (including phenoxy) is 2. The molecule has 0 aromatic carbocycles. The Bertz CT molecular complexity index is 298. The highest BCUT2D eigenvalue weighted by molar-refractivity contribution is 5.13. The molecule has 2 aliphatic heterocycles. The van der Waals surface area contributed by atoms with Crippen molar-refractivity contribution in [2.45, 2.75) is 12.3 Å². The van der Waals surface area contributed by atoms with Gasteiger partial charge in [0, 0.05) is 38.6 Å². The SMILES string of the molecule is COCC1(CN2CC3(COC3)C2)CC1(F)F. The lowest BCUT2D eigenvalue weighted by atomic mass is 9.77. The summed E-state index contributed by atoms with van der Waals surface area (Å²) < 4.78 is 36.7. The first-order valence-electron chi connectivity index (χ1n) is 5.68. The van der Waals surface area contributed by atoms with E-state index in [9.17, 15) is 8.78 Å². The van der Waals surface area contributed by atoms with Gasteiger partial charge in [0.1, 0.15) is 0 Å². The van der Waals surface area contributed by atoms with Crippen molar-refractivity contribution in [3.8, 4) is 0 Å². The highest BCUT2D eigenvalue weighted by atomic mass is 19.3. The third-order valence-corrected chi connectivity index (χ3v) is 4.09. The van der Waals surface area contributed by atoms with E-state index in [1.807, 2.05) is 0 Å². The van der Waals surface area contributed by atoms with Gasteiger partial charge in [0.25, 0.3) is 5.92 Å². The van der Waals surface area contributed by atoms with Crippen LogP contribution in [0, 0.1) is 10.8 Å². The van der Waals surface area contributed by atoms with Gasteiger partial charge in [0.15, 0.2) is 0 Å². The molecule has 0 N–H and O–H groups in total. The second-order valence-electron chi connectivity index (χ2n) is 5.73. The zero-order valence-electron chi connectivity index (χ0n) is 9.47. The Morgan fingerprint density at radius 2 is 1.94 bits per heavy atom. The van der Waals surface area contributed by atoms with Crippen LogP contribution in [0.1, 0.15) is 6.42 Å². The number of rotatable bonds is 4. The molecule has 3 rings (SSSR count). The second kappa shape index (κ2) is 3.15. The smallest absolute Gasteiger partial charge is 0.258 e. The van der Waals surface area contributed by atoms with Gasteiger partial charge < -0.3 is 14.4 Å². The van der Waals surface area contributed by atoms with Crippen LogP contribution in [0.25, 0.3) is 0 Å². The maximum Gasteiger partial charge on any atom is 0.258 e. The van der Waals surface area contributed by atoms with Crippen molar-refractivity contribution in [2.24, 2.45) is 10.8 Å². The Labute approximate surface area is 93.7 Å². The number of likely N-dealkylation sites (tertiary alicyclic amines) is 1. The predicted octanol–water partition coefficient (Wildman–Crippen LogP) is 0.990. The summed E-state index contributed by atoms with van der Waals surface area (Å²) >= 11 is 0. The van der Waals surface area contributed by atoms with Gasteiger partial charge >= 0.3 is 0 Å². The molecule has 0 aromatic rings. The summed E-state index contributed by atoms with van der Waals surface area (Å²) in [4.78, 5) is 2.11. The summed E-state index contributed by atoms with van der Waals surface area (Å²) in [6.07, 6.45) is -0.0200. The standard InChI is InChI=1S/C11H17F2NO2/c1-15-8-10(2-11(10,12)13)5-14-3-9(4-14)6-16-7-9/h2-8H2,1H3. The lowest BCUT2D eigenvalue weighted by molar-refractivity contribution is -0.195. The van der Waals surface area contributed by atoms with Gasteiger partial charge in [-0.3, -0.25) is 0 Å². The molecule has 1 aliphatic carbocycles. The van der Waals surface area contributed by atoms with Gasteiger partial charge in [-0.25, -0.2) is 8.78 Å². The number of nitrogens with zero attached hydrogens (tertiary/aromatic N) is 1. The lowest BCUT2D eigenvalue weighted by Gasteiger charge is -2.55. The predicted molar refractivity (Wildman–Crippen MR) is 53.6 cm³/mol. The summed E-state index contributed by atoms with van der Waals surface area (Å²) in [7, 11) is 1.49. The minimum absolute atomic E-state index is 0.0200. The fraction of sp³-hybridized carbons (Fsp3) is 1.00. The Balaban J connectivity index is 1.54. The minimum Gasteiger partial charge on any atom is -0.384 e. The van der Waals surface area contributed by atoms with Gasteiger partial charge in [-0.2, -0.15) is 0 Å².